The molecule has 4 N–H and O–H groups in total. The maximum absolute atomic E-state index is 13.7. The molecule has 3 fully saturated rings. The molecule has 382 valence electrons. The number of aliphatic hydroxyl groups is 1. The molecule has 23 heteroatoms. The number of hydrogen-bond acceptors (Lipinski definition) is 17. The summed E-state index contributed by atoms with van der Waals surface area (Å²) in [7, 11) is -3.84. The number of hydrogen-bond donors (Lipinski definition) is 4. The summed E-state index contributed by atoms with van der Waals surface area (Å²) in [6.07, 6.45) is 6.53. The number of nitrogens with one attached hydrogen (secondary N) is 3. The van der Waals surface area contributed by atoms with Crippen molar-refractivity contribution < 1.29 is 56.4 Å². The summed E-state index contributed by atoms with van der Waals surface area (Å²) in [5.74, 6) is -1.96. The van der Waals surface area contributed by atoms with E-state index in [1.165, 1.54) is 10.4 Å². The lowest BCUT2D eigenvalue weighted by Gasteiger charge is -2.34. The summed E-state index contributed by atoms with van der Waals surface area (Å²) in [4.78, 5) is 75.2. The number of rotatable bonds is 24. The topological polar surface area (TPSA) is 266 Å². The Labute approximate surface area is 411 Å². The number of benzene rings is 2. The lowest BCUT2D eigenvalue weighted by molar-refractivity contribution is -0.138. The van der Waals surface area contributed by atoms with Crippen LogP contribution < -0.4 is 16.0 Å². The van der Waals surface area contributed by atoms with E-state index >= 15 is 0 Å². The third-order valence-electron chi connectivity index (χ3n) is 13.0. The van der Waals surface area contributed by atoms with Gasteiger partial charge in [-0.2, -0.15) is 14.4 Å². The Balaban J connectivity index is 0.689. The zero-order valence-electron chi connectivity index (χ0n) is 39.9. The van der Waals surface area contributed by atoms with Gasteiger partial charge in [-0.05, 0) is 62.8 Å². The maximum Gasteiger partial charge on any atom is 0.264 e. The first-order valence-corrected chi connectivity index (χ1v) is 25.8. The predicted octanol–water partition coefficient (Wildman–Crippen LogP) is 2.59. The number of anilines is 2. The Morgan fingerprint density at radius 3 is 2.20 bits per heavy atom. The van der Waals surface area contributed by atoms with E-state index in [0.717, 1.165) is 48.1 Å². The zero-order chi connectivity index (χ0) is 49.9. The van der Waals surface area contributed by atoms with E-state index in [1.807, 2.05) is 4.68 Å². The maximum atomic E-state index is 13.7. The molecule has 0 bridgehead atoms. The molecular formula is C48H62N10O12S. The lowest BCUT2D eigenvalue weighted by Crippen LogP contribution is -2.54. The van der Waals surface area contributed by atoms with E-state index < -0.39 is 39.7 Å². The fourth-order valence-electron chi connectivity index (χ4n) is 9.10. The smallest absolute Gasteiger partial charge is 0.264 e. The number of unbranched alkanes of at least 4 members (excludes halogenated alkanes) is 1. The average molecular weight is 1000 g/mol. The van der Waals surface area contributed by atoms with Crippen molar-refractivity contribution in [2.75, 3.05) is 103 Å². The quantitative estimate of drug-likeness (QED) is 0.0581. The van der Waals surface area contributed by atoms with Crippen LogP contribution in [0.1, 0.15) is 85.0 Å². The van der Waals surface area contributed by atoms with Gasteiger partial charge in [0, 0.05) is 63.1 Å². The fraction of sp³-hybridized carbons (Fsp3) is 0.542. The first-order chi connectivity index (χ1) is 34.4. The van der Waals surface area contributed by atoms with E-state index in [2.05, 4.69) is 27.9 Å². The number of piperazine rings is 1. The molecule has 22 nitrogen and oxygen atoms in total. The predicted molar refractivity (Wildman–Crippen MR) is 258 cm³/mol. The summed E-state index contributed by atoms with van der Waals surface area (Å²) in [5, 5.41) is 24.5. The van der Waals surface area contributed by atoms with Gasteiger partial charge in [0.25, 0.3) is 11.8 Å². The van der Waals surface area contributed by atoms with Crippen LogP contribution in [-0.4, -0.2) is 181 Å². The van der Waals surface area contributed by atoms with Gasteiger partial charge in [0.05, 0.1) is 79.8 Å². The monoisotopic (exact) mass is 1000 g/mol. The molecule has 2 aromatic carbocycles. The van der Waals surface area contributed by atoms with E-state index in [9.17, 15) is 37.5 Å². The van der Waals surface area contributed by atoms with Crippen molar-refractivity contribution in [2.24, 2.45) is 0 Å². The molecule has 5 heterocycles. The molecule has 0 radical (unpaired) electrons. The van der Waals surface area contributed by atoms with E-state index in [1.54, 1.807) is 47.5 Å². The highest BCUT2D eigenvalue weighted by atomic mass is 32.2. The number of amides is 5. The van der Waals surface area contributed by atoms with Crippen molar-refractivity contribution >= 4 is 62.2 Å². The number of carbonyl (C=O) groups excluding carboxylic acids is 5. The number of ether oxygens (including phenoxy) is 4. The van der Waals surface area contributed by atoms with Gasteiger partial charge in [0.1, 0.15) is 18.3 Å². The Morgan fingerprint density at radius 2 is 1.51 bits per heavy atom. The summed E-state index contributed by atoms with van der Waals surface area (Å²) in [6.45, 7) is 5.80. The molecule has 1 atom stereocenters. The third-order valence-corrected chi connectivity index (χ3v) is 14.9. The molecule has 5 amide bonds. The minimum atomic E-state index is -3.84. The molecule has 1 saturated carbocycles. The largest absolute Gasteiger partial charge is 0.393 e. The van der Waals surface area contributed by atoms with Gasteiger partial charge in [-0.15, -0.1) is 0 Å². The van der Waals surface area contributed by atoms with Gasteiger partial charge in [0.2, 0.25) is 33.7 Å². The van der Waals surface area contributed by atoms with Crippen LogP contribution in [0.4, 0.5) is 11.6 Å². The van der Waals surface area contributed by atoms with Gasteiger partial charge in [-0.1, -0.05) is 31.5 Å². The highest BCUT2D eigenvalue weighted by molar-refractivity contribution is 7.89. The summed E-state index contributed by atoms with van der Waals surface area (Å²) in [5.41, 5.74) is 2.91. The molecule has 4 aromatic rings. The SMILES string of the molecule is CCCCNc1ncc2c(-c3ccc(S(=O)(=O)N4CCN(C(=O)COCCOCCOCCOCCNc5cccc6c5C(=O)N(C5CCC(=O)NC5=O)C6=O)CC4)cc3)nn([C@H]3CC[C@H](O)CC3)c2n1. The Morgan fingerprint density at radius 1 is 0.817 bits per heavy atom. The normalized spacial score (nSPS) is 19.9. The van der Waals surface area contributed by atoms with Gasteiger partial charge in [-0.3, -0.25) is 34.2 Å². The second kappa shape index (κ2) is 24.0. The van der Waals surface area contributed by atoms with Crippen molar-refractivity contribution in [2.45, 2.75) is 81.4 Å². The van der Waals surface area contributed by atoms with Crippen LogP contribution in [0, 0.1) is 0 Å². The van der Waals surface area contributed by atoms with Gasteiger partial charge >= 0.3 is 0 Å². The van der Waals surface area contributed by atoms with Crippen molar-refractivity contribution in [1.29, 1.82) is 0 Å². The lowest BCUT2D eigenvalue weighted by atomic mass is 9.93. The molecular weight excluding hydrogens is 941 g/mol. The standard InChI is InChI=1S/C48H62N10O12S/c1-2-3-17-50-48-51-30-37-43(54-58(44(37)53-48)33-9-11-34(59)12-10-33)32-7-13-35(14-8-32)71(65,66)56-21-19-55(20-22-56)41(61)31-70-29-28-69-27-26-68-25-24-67-23-18-49-38-6-4-5-36-42(38)47(64)57(46(36)63)39-15-16-40(60)52-45(39)62/h4-8,13-14,30,33-34,39,49,59H,2-3,9-12,15-29,31H2,1H3,(H,50,51,53)(H,52,60,62)/t33-,34-,39?. The van der Waals surface area contributed by atoms with E-state index in [4.69, 9.17) is 29.0 Å². The van der Waals surface area contributed by atoms with Crippen LogP contribution in [0.15, 0.2) is 53.6 Å². The number of piperidine rings is 1. The molecule has 4 aliphatic rings. The zero-order valence-corrected chi connectivity index (χ0v) is 40.7. The summed E-state index contributed by atoms with van der Waals surface area (Å²) < 4.78 is 53.0. The van der Waals surface area contributed by atoms with Gasteiger partial charge < -0.3 is 39.6 Å². The first kappa shape index (κ1) is 51.4. The fourth-order valence-corrected chi connectivity index (χ4v) is 10.5. The number of sulfonamides is 1. The van der Waals surface area contributed by atoms with Crippen molar-refractivity contribution in [3.05, 3.63) is 59.8 Å². The Hall–Kier alpha value is -5.95. The number of aliphatic hydroxyl groups excluding tert-OH is 1. The first-order valence-electron chi connectivity index (χ1n) is 24.4. The number of nitrogens with zero attached hydrogens (tertiary/aromatic N) is 7. The highest BCUT2D eigenvalue weighted by Gasteiger charge is 2.45. The summed E-state index contributed by atoms with van der Waals surface area (Å²) >= 11 is 0. The molecule has 3 aliphatic heterocycles. The van der Waals surface area contributed by atoms with Crippen LogP contribution in [0.3, 0.4) is 0 Å². The number of carbonyl (C=O) groups is 5. The van der Waals surface area contributed by atoms with Crippen LogP contribution >= 0.6 is 0 Å². The minimum absolute atomic E-state index is 0.0439. The number of fused-ring (bicyclic) bond motifs is 2. The van der Waals surface area contributed by atoms with Crippen molar-refractivity contribution in [3.8, 4) is 11.3 Å². The van der Waals surface area contributed by atoms with E-state index in [0.29, 0.717) is 75.4 Å². The molecule has 71 heavy (non-hydrogen) atoms. The molecule has 1 unspecified atom stereocenters. The van der Waals surface area contributed by atoms with Crippen LogP contribution in [0.2, 0.25) is 0 Å². The van der Waals surface area contributed by atoms with Crippen LogP contribution in [0.25, 0.3) is 22.3 Å². The highest BCUT2D eigenvalue weighted by Crippen LogP contribution is 2.36. The molecule has 1 aliphatic carbocycles. The second-order valence-electron chi connectivity index (χ2n) is 17.8. The second-order valence-corrected chi connectivity index (χ2v) is 19.7. The molecule has 2 aromatic heterocycles. The average Bonchev–Trinajstić information content (AvgIpc) is 3.88. The van der Waals surface area contributed by atoms with Crippen molar-refractivity contribution in [3.63, 3.8) is 0 Å². The van der Waals surface area contributed by atoms with Crippen LogP contribution in [-0.2, 0) is 43.4 Å². The van der Waals surface area contributed by atoms with Gasteiger partial charge in [-0.25, -0.2) is 18.1 Å². The third kappa shape index (κ3) is 12.2. The van der Waals surface area contributed by atoms with E-state index in [-0.39, 0.29) is 92.9 Å². The molecule has 8 rings (SSSR count). The van der Waals surface area contributed by atoms with Crippen molar-refractivity contribution in [1.82, 2.24) is 39.2 Å². The Kier molecular flexibility index (Phi) is 17.4. The molecule has 2 saturated heterocycles. The van der Waals surface area contributed by atoms with Crippen LogP contribution in [0.5, 0.6) is 0 Å². The number of imide groups is 2. The Bertz CT molecular complexity index is 2650. The van der Waals surface area contributed by atoms with Gasteiger partial charge in [0.15, 0.2) is 5.65 Å². The molecule has 0 spiro atoms. The minimum Gasteiger partial charge on any atom is -0.393 e. The summed E-state index contributed by atoms with van der Waals surface area (Å²) in [6, 6.07) is 10.6. The number of aromatic nitrogens is 4.